The summed E-state index contributed by atoms with van der Waals surface area (Å²) in [5.41, 5.74) is -0.502. The predicted octanol–water partition coefficient (Wildman–Crippen LogP) is 3.14. The van der Waals surface area contributed by atoms with Crippen molar-refractivity contribution in [3.8, 4) is 0 Å². The van der Waals surface area contributed by atoms with Crippen LogP contribution in [0.2, 0.25) is 0 Å². The molecular formula is C14H15NO4. The molecule has 0 saturated heterocycles. The van der Waals surface area contributed by atoms with E-state index in [1.165, 1.54) is 6.26 Å². The van der Waals surface area contributed by atoms with E-state index in [1.54, 1.807) is 45.0 Å². The molecule has 5 nitrogen and oxygen atoms in total. The van der Waals surface area contributed by atoms with Gasteiger partial charge in [-0.2, -0.15) is 0 Å². The van der Waals surface area contributed by atoms with Gasteiger partial charge in [-0.05, 0) is 39.0 Å². The fourth-order valence-electron chi connectivity index (χ4n) is 1.67. The Balaban J connectivity index is 2.34. The number of ether oxygens (including phenoxy) is 1. The lowest BCUT2D eigenvalue weighted by Gasteiger charge is -2.20. The van der Waals surface area contributed by atoms with Crippen LogP contribution in [0.1, 0.15) is 20.8 Å². The first-order valence-corrected chi connectivity index (χ1v) is 5.87. The average Bonchev–Trinajstić information content (AvgIpc) is 2.28. The van der Waals surface area contributed by atoms with Gasteiger partial charge in [0.2, 0.25) is 0 Å². The van der Waals surface area contributed by atoms with Crippen molar-refractivity contribution in [2.45, 2.75) is 26.4 Å². The van der Waals surface area contributed by atoms with Crippen LogP contribution in [0.25, 0.3) is 10.8 Å². The molecule has 100 valence electrons. The zero-order valence-corrected chi connectivity index (χ0v) is 11.0. The van der Waals surface area contributed by atoms with Crippen molar-refractivity contribution in [1.82, 2.24) is 0 Å². The van der Waals surface area contributed by atoms with E-state index < -0.39 is 17.3 Å². The molecule has 0 saturated carbocycles. The maximum Gasteiger partial charge on any atom is 0.412 e. The molecule has 1 heterocycles. The zero-order valence-electron chi connectivity index (χ0n) is 11.0. The molecule has 0 aliphatic rings. The lowest BCUT2D eigenvalue weighted by Crippen LogP contribution is -2.27. The van der Waals surface area contributed by atoms with E-state index in [2.05, 4.69) is 5.32 Å². The van der Waals surface area contributed by atoms with E-state index in [0.29, 0.717) is 16.5 Å². The van der Waals surface area contributed by atoms with Crippen molar-refractivity contribution < 1.29 is 13.9 Å². The van der Waals surface area contributed by atoms with Gasteiger partial charge in [-0.1, -0.05) is 6.07 Å². The van der Waals surface area contributed by atoms with Gasteiger partial charge in [0, 0.05) is 5.39 Å². The molecule has 1 N–H and O–H groups in total. The van der Waals surface area contributed by atoms with Crippen molar-refractivity contribution >= 4 is 22.6 Å². The van der Waals surface area contributed by atoms with Gasteiger partial charge in [0.25, 0.3) is 0 Å². The third kappa shape index (κ3) is 3.13. The van der Waals surface area contributed by atoms with E-state index in [1.807, 2.05) is 0 Å². The molecule has 0 spiro atoms. The van der Waals surface area contributed by atoms with Crippen LogP contribution in [0.5, 0.6) is 0 Å². The molecule has 0 aliphatic carbocycles. The zero-order chi connectivity index (χ0) is 14.0. The molecule has 0 fully saturated rings. The second-order valence-corrected chi connectivity index (χ2v) is 5.10. The Morgan fingerprint density at radius 1 is 1.21 bits per heavy atom. The van der Waals surface area contributed by atoms with Crippen LogP contribution in [0.15, 0.2) is 39.7 Å². The topological polar surface area (TPSA) is 68.5 Å². The quantitative estimate of drug-likeness (QED) is 0.856. The van der Waals surface area contributed by atoms with E-state index in [9.17, 15) is 9.59 Å². The number of hydrogen-bond acceptors (Lipinski definition) is 4. The lowest BCUT2D eigenvalue weighted by molar-refractivity contribution is 0.0636. The third-order valence-electron chi connectivity index (χ3n) is 2.37. The first-order chi connectivity index (χ1) is 8.87. The maximum absolute atomic E-state index is 11.7. The maximum atomic E-state index is 11.7. The third-order valence-corrected chi connectivity index (χ3v) is 2.37. The van der Waals surface area contributed by atoms with Gasteiger partial charge < -0.3 is 9.15 Å². The van der Waals surface area contributed by atoms with Crippen molar-refractivity contribution in [1.29, 1.82) is 0 Å². The SMILES string of the molecule is CC(C)(C)OC(=O)Nc1cccc2c(=O)occc12. The summed E-state index contributed by atoms with van der Waals surface area (Å²) in [6.07, 6.45) is 0.735. The van der Waals surface area contributed by atoms with Gasteiger partial charge in [-0.3, -0.25) is 5.32 Å². The number of carbonyl (C=O) groups is 1. The second kappa shape index (κ2) is 4.76. The molecule has 1 aromatic carbocycles. The summed E-state index contributed by atoms with van der Waals surface area (Å²) in [7, 11) is 0. The Bertz CT molecular complexity index is 667. The van der Waals surface area contributed by atoms with Crippen LogP contribution < -0.4 is 10.9 Å². The van der Waals surface area contributed by atoms with Crippen LogP contribution in [0, 0.1) is 0 Å². The summed E-state index contributed by atoms with van der Waals surface area (Å²) in [5.74, 6) is 0. The van der Waals surface area contributed by atoms with E-state index in [0.717, 1.165) is 0 Å². The highest BCUT2D eigenvalue weighted by molar-refractivity contribution is 5.99. The van der Waals surface area contributed by atoms with Gasteiger partial charge >= 0.3 is 11.7 Å². The molecule has 0 radical (unpaired) electrons. The molecule has 19 heavy (non-hydrogen) atoms. The van der Waals surface area contributed by atoms with Crippen molar-refractivity contribution in [2.24, 2.45) is 0 Å². The highest BCUT2D eigenvalue weighted by Crippen LogP contribution is 2.21. The van der Waals surface area contributed by atoms with E-state index in [-0.39, 0.29) is 0 Å². The van der Waals surface area contributed by atoms with E-state index in [4.69, 9.17) is 9.15 Å². The van der Waals surface area contributed by atoms with Crippen LogP contribution in [0.3, 0.4) is 0 Å². The second-order valence-electron chi connectivity index (χ2n) is 5.10. The fourth-order valence-corrected chi connectivity index (χ4v) is 1.67. The number of nitrogens with one attached hydrogen (secondary N) is 1. The van der Waals surface area contributed by atoms with Crippen LogP contribution in [-0.4, -0.2) is 11.7 Å². The van der Waals surface area contributed by atoms with Crippen molar-refractivity contribution in [2.75, 3.05) is 5.32 Å². The Kier molecular flexibility index (Phi) is 3.29. The van der Waals surface area contributed by atoms with Crippen molar-refractivity contribution in [3.05, 3.63) is 40.9 Å². The van der Waals surface area contributed by atoms with Gasteiger partial charge in [0.05, 0.1) is 17.3 Å². The number of anilines is 1. The number of benzene rings is 1. The minimum absolute atomic E-state index is 0.413. The first kappa shape index (κ1) is 13.1. The van der Waals surface area contributed by atoms with Gasteiger partial charge in [0.1, 0.15) is 5.60 Å². The molecule has 1 amide bonds. The summed E-state index contributed by atoms with van der Waals surface area (Å²) in [6.45, 7) is 5.35. The summed E-state index contributed by atoms with van der Waals surface area (Å²) in [4.78, 5) is 23.3. The minimum Gasteiger partial charge on any atom is -0.444 e. The largest absolute Gasteiger partial charge is 0.444 e. The Labute approximate surface area is 110 Å². The lowest BCUT2D eigenvalue weighted by atomic mass is 10.1. The van der Waals surface area contributed by atoms with Gasteiger partial charge in [0.15, 0.2) is 0 Å². The summed E-state index contributed by atoms with van der Waals surface area (Å²) < 4.78 is 9.95. The summed E-state index contributed by atoms with van der Waals surface area (Å²) in [6, 6.07) is 6.64. The highest BCUT2D eigenvalue weighted by Gasteiger charge is 2.17. The molecule has 2 aromatic rings. The van der Waals surface area contributed by atoms with Crippen molar-refractivity contribution in [3.63, 3.8) is 0 Å². The summed E-state index contributed by atoms with van der Waals surface area (Å²) >= 11 is 0. The number of hydrogen-bond donors (Lipinski definition) is 1. The standard InChI is InChI=1S/C14H15NO4/c1-14(2,3)19-13(17)15-11-6-4-5-10-9(11)7-8-18-12(10)16/h4-8H,1-3H3,(H,15,17). The Morgan fingerprint density at radius 3 is 2.63 bits per heavy atom. The van der Waals surface area contributed by atoms with Crippen LogP contribution in [-0.2, 0) is 4.74 Å². The molecule has 5 heteroatoms. The van der Waals surface area contributed by atoms with Gasteiger partial charge in [-0.25, -0.2) is 9.59 Å². The van der Waals surface area contributed by atoms with Gasteiger partial charge in [-0.15, -0.1) is 0 Å². The number of rotatable bonds is 1. The number of carbonyl (C=O) groups excluding carboxylic acids is 1. The van der Waals surface area contributed by atoms with Crippen LogP contribution in [0.4, 0.5) is 10.5 Å². The molecule has 1 aromatic heterocycles. The average molecular weight is 261 g/mol. The molecule has 0 atom stereocenters. The molecule has 0 unspecified atom stereocenters. The monoisotopic (exact) mass is 261 g/mol. The van der Waals surface area contributed by atoms with Crippen LogP contribution >= 0.6 is 0 Å². The number of fused-ring (bicyclic) bond motifs is 1. The number of amides is 1. The Hall–Kier alpha value is -2.30. The minimum atomic E-state index is -0.576. The fraction of sp³-hybridized carbons (Fsp3) is 0.286. The first-order valence-electron chi connectivity index (χ1n) is 5.87. The smallest absolute Gasteiger partial charge is 0.412 e. The normalized spacial score (nSPS) is 11.3. The Morgan fingerprint density at radius 2 is 1.95 bits per heavy atom. The summed E-state index contributed by atoms with van der Waals surface area (Å²) in [5, 5.41) is 3.66. The molecule has 2 rings (SSSR count). The van der Waals surface area contributed by atoms with E-state index >= 15 is 0 Å². The predicted molar refractivity (Wildman–Crippen MR) is 72.3 cm³/mol. The molecule has 0 bridgehead atoms. The highest BCUT2D eigenvalue weighted by atomic mass is 16.6. The molecular weight excluding hydrogens is 246 g/mol. The molecule has 0 aliphatic heterocycles.